The predicted octanol–water partition coefficient (Wildman–Crippen LogP) is 5.22. The Morgan fingerprint density at radius 1 is 0.750 bits per heavy atom. The van der Waals surface area contributed by atoms with E-state index in [0.717, 1.165) is 5.56 Å². The number of benzene rings is 3. The van der Waals surface area contributed by atoms with Gasteiger partial charge in [0.05, 0.1) is 15.3 Å². The number of fused-ring (bicyclic) bond motifs is 2. The fraction of sp³-hybridized carbons (Fsp3) is 0.111. The molecule has 2 aliphatic rings. The zero-order valence-electron chi connectivity index (χ0n) is 18.8. The van der Waals surface area contributed by atoms with Crippen molar-refractivity contribution >= 4 is 40.9 Å². The van der Waals surface area contributed by atoms with Crippen molar-refractivity contribution in [1.29, 1.82) is 0 Å². The van der Waals surface area contributed by atoms with E-state index in [0.29, 0.717) is 28.0 Å². The number of nitrogens with one attached hydrogen (secondary N) is 1. The molecule has 1 spiro atoms. The van der Waals surface area contributed by atoms with E-state index in [1.165, 1.54) is 36.4 Å². The summed E-state index contributed by atoms with van der Waals surface area (Å²) in [6.45, 7) is 0. The van der Waals surface area contributed by atoms with Crippen LogP contribution in [0.5, 0.6) is 0 Å². The topological polar surface area (TPSA) is 132 Å². The van der Waals surface area contributed by atoms with E-state index in [2.05, 4.69) is 5.32 Å². The van der Waals surface area contributed by atoms with Crippen molar-refractivity contribution < 1.29 is 19.4 Å². The first-order chi connectivity index (χ1) is 17.3. The largest absolute Gasteiger partial charge is 0.325 e. The van der Waals surface area contributed by atoms with Crippen LogP contribution in [0, 0.1) is 20.2 Å². The minimum atomic E-state index is -1.05. The number of nitro groups is 2. The smallest absolute Gasteiger partial charge is 0.270 e. The molecule has 0 aromatic heterocycles. The summed E-state index contributed by atoms with van der Waals surface area (Å²) in [7, 11) is 0. The highest BCUT2D eigenvalue weighted by Gasteiger charge is 2.51. The molecule has 5 rings (SSSR count). The third-order valence-electron chi connectivity index (χ3n) is 6.54. The van der Waals surface area contributed by atoms with Gasteiger partial charge in [-0.05, 0) is 47.8 Å². The first-order valence-electron chi connectivity index (χ1n) is 11.1. The molecule has 9 nitrogen and oxygen atoms in total. The number of non-ortho nitro benzene ring substituents is 2. The molecule has 36 heavy (non-hydrogen) atoms. The normalized spacial score (nSPS) is 21.0. The number of hydrogen-bond acceptors (Lipinski definition) is 6. The number of para-hydroxylation sites is 1. The van der Waals surface area contributed by atoms with E-state index in [9.17, 15) is 29.8 Å². The SMILES string of the molecule is O=C1C(=Cc2cccc([N+](=O)[O-])c2)CC2(CC1=Cc1cccc([N+](=O)[O-])c1)C(=O)Nc1ccccc12. The molecule has 1 amide bonds. The van der Waals surface area contributed by atoms with Gasteiger partial charge in [0.15, 0.2) is 5.78 Å². The van der Waals surface area contributed by atoms with Crippen molar-refractivity contribution in [3.63, 3.8) is 0 Å². The zero-order chi connectivity index (χ0) is 25.4. The Morgan fingerprint density at radius 3 is 1.81 bits per heavy atom. The second-order valence-corrected chi connectivity index (χ2v) is 8.81. The van der Waals surface area contributed by atoms with Crippen LogP contribution in [0.15, 0.2) is 83.9 Å². The van der Waals surface area contributed by atoms with E-state index < -0.39 is 15.3 Å². The Hall–Kier alpha value is -4.92. The second-order valence-electron chi connectivity index (χ2n) is 8.81. The van der Waals surface area contributed by atoms with Gasteiger partial charge in [0.2, 0.25) is 5.91 Å². The number of hydrogen-bond donors (Lipinski definition) is 1. The van der Waals surface area contributed by atoms with Gasteiger partial charge >= 0.3 is 0 Å². The van der Waals surface area contributed by atoms with Crippen molar-refractivity contribution in [3.05, 3.63) is 121 Å². The maximum atomic E-state index is 13.6. The maximum absolute atomic E-state index is 13.6. The standard InChI is InChI=1S/C27H19N3O6/c31-25-19(11-17-5-3-7-21(13-17)29(33)34)15-27(23-9-1-2-10-24(23)28-26(27)32)16-20(25)12-18-6-4-8-22(14-18)30(35)36/h1-14H,15-16H2,(H,28,32). The minimum absolute atomic E-state index is 0.112. The van der Waals surface area contributed by atoms with Gasteiger partial charge in [-0.15, -0.1) is 0 Å². The van der Waals surface area contributed by atoms with Crippen LogP contribution in [-0.4, -0.2) is 21.5 Å². The summed E-state index contributed by atoms with van der Waals surface area (Å²) >= 11 is 0. The van der Waals surface area contributed by atoms with Gasteiger partial charge in [-0.2, -0.15) is 0 Å². The van der Waals surface area contributed by atoms with Crippen LogP contribution in [0.3, 0.4) is 0 Å². The summed E-state index contributed by atoms with van der Waals surface area (Å²) in [5.74, 6) is -0.554. The lowest BCUT2D eigenvalue weighted by Crippen LogP contribution is -2.40. The number of anilines is 1. The van der Waals surface area contributed by atoms with Crippen LogP contribution in [0.25, 0.3) is 12.2 Å². The summed E-state index contributed by atoms with van der Waals surface area (Å²) in [4.78, 5) is 48.4. The van der Waals surface area contributed by atoms with Gasteiger partial charge in [0.1, 0.15) is 0 Å². The second kappa shape index (κ2) is 8.70. The van der Waals surface area contributed by atoms with Gasteiger partial charge in [0.25, 0.3) is 11.4 Å². The zero-order valence-corrected chi connectivity index (χ0v) is 18.8. The fourth-order valence-corrected chi connectivity index (χ4v) is 4.90. The van der Waals surface area contributed by atoms with Crippen LogP contribution < -0.4 is 5.32 Å². The van der Waals surface area contributed by atoms with Gasteiger partial charge < -0.3 is 5.32 Å². The Kier molecular flexibility index (Phi) is 5.52. The van der Waals surface area contributed by atoms with Gasteiger partial charge in [-0.1, -0.05) is 42.5 Å². The van der Waals surface area contributed by atoms with E-state index in [1.807, 2.05) is 18.2 Å². The fourth-order valence-electron chi connectivity index (χ4n) is 4.90. The monoisotopic (exact) mass is 481 g/mol. The van der Waals surface area contributed by atoms with E-state index in [4.69, 9.17) is 0 Å². The molecule has 1 saturated carbocycles. The molecule has 3 aromatic carbocycles. The molecule has 9 heteroatoms. The lowest BCUT2D eigenvalue weighted by Gasteiger charge is -2.34. The van der Waals surface area contributed by atoms with Gasteiger partial charge in [-0.3, -0.25) is 29.8 Å². The maximum Gasteiger partial charge on any atom is 0.270 e. The lowest BCUT2D eigenvalue weighted by molar-refractivity contribution is -0.385. The molecule has 3 aromatic rings. The number of rotatable bonds is 4. The average molecular weight is 481 g/mol. The molecule has 1 aliphatic heterocycles. The van der Waals surface area contributed by atoms with Crippen molar-refractivity contribution in [1.82, 2.24) is 0 Å². The molecule has 0 bridgehead atoms. The molecular formula is C27H19N3O6. The number of allylic oxidation sites excluding steroid dienone is 2. The number of Topliss-reactive ketones (excluding diaryl/α,β-unsaturated/α-hetero) is 1. The Balaban J connectivity index is 1.66. The molecule has 0 unspecified atom stereocenters. The lowest BCUT2D eigenvalue weighted by atomic mass is 9.65. The van der Waals surface area contributed by atoms with E-state index in [-0.39, 0.29) is 35.9 Å². The van der Waals surface area contributed by atoms with Crippen molar-refractivity contribution in [3.8, 4) is 0 Å². The van der Waals surface area contributed by atoms with Gasteiger partial charge in [-0.25, -0.2) is 0 Å². The molecule has 0 atom stereocenters. The summed E-state index contributed by atoms with van der Waals surface area (Å²) in [6.07, 6.45) is 3.38. The van der Waals surface area contributed by atoms with Crippen LogP contribution in [0.2, 0.25) is 0 Å². The molecule has 1 N–H and O–H groups in total. The van der Waals surface area contributed by atoms with Crippen molar-refractivity contribution in [2.75, 3.05) is 5.32 Å². The molecule has 1 fully saturated rings. The van der Waals surface area contributed by atoms with E-state index >= 15 is 0 Å². The summed E-state index contributed by atoms with van der Waals surface area (Å²) in [5.41, 5.74) is 1.73. The van der Waals surface area contributed by atoms with Crippen LogP contribution >= 0.6 is 0 Å². The summed E-state index contributed by atoms with van der Waals surface area (Å²) in [5, 5.41) is 25.4. The summed E-state index contributed by atoms with van der Waals surface area (Å²) in [6, 6.07) is 19.1. The van der Waals surface area contributed by atoms with Crippen LogP contribution in [-0.2, 0) is 15.0 Å². The highest BCUT2D eigenvalue weighted by atomic mass is 16.6. The highest BCUT2D eigenvalue weighted by Crippen LogP contribution is 2.50. The molecule has 0 saturated heterocycles. The van der Waals surface area contributed by atoms with Crippen molar-refractivity contribution in [2.24, 2.45) is 0 Å². The number of ketones is 1. The number of carbonyl (C=O) groups is 2. The first kappa shape index (κ1) is 22.9. The number of nitro benzene ring substituents is 2. The molecule has 1 aliphatic carbocycles. The molecule has 1 heterocycles. The Labute approximate surface area is 205 Å². The third-order valence-corrected chi connectivity index (χ3v) is 6.54. The first-order valence-corrected chi connectivity index (χ1v) is 11.1. The number of nitrogens with zero attached hydrogens (tertiary/aromatic N) is 2. The molecule has 178 valence electrons. The van der Waals surface area contributed by atoms with Crippen molar-refractivity contribution in [2.45, 2.75) is 18.3 Å². The quantitative estimate of drug-likeness (QED) is 0.308. The third kappa shape index (κ3) is 3.96. The Morgan fingerprint density at radius 2 is 1.28 bits per heavy atom. The van der Waals surface area contributed by atoms with Crippen LogP contribution in [0.1, 0.15) is 29.5 Å². The number of carbonyl (C=O) groups excluding carboxylic acids is 2. The Bertz CT molecular complexity index is 1440. The van der Waals surface area contributed by atoms with Crippen LogP contribution in [0.4, 0.5) is 17.1 Å². The highest BCUT2D eigenvalue weighted by molar-refractivity contribution is 6.18. The number of amides is 1. The van der Waals surface area contributed by atoms with Gasteiger partial charge in [0, 0.05) is 41.1 Å². The molecule has 0 radical (unpaired) electrons. The predicted molar refractivity (Wildman–Crippen MR) is 133 cm³/mol. The minimum Gasteiger partial charge on any atom is -0.325 e. The molecular weight excluding hydrogens is 462 g/mol. The summed E-state index contributed by atoms with van der Waals surface area (Å²) < 4.78 is 0. The average Bonchev–Trinajstić information content (AvgIpc) is 3.13. The van der Waals surface area contributed by atoms with E-state index in [1.54, 1.807) is 30.4 Å².